The van der Waals surface area contributed by atoms with Gasteiger partial charge in [0.2, 0.25) is 5.91 Å². The Hall–Kier alpha value is -1.43. The van der Waals surface area contributed by atoms with Crippen LogP contribution in [-0.2, 0) is 17.8 Å². The number of hydrogen-bond acceptors (Lipinski definition) is 3. The molecule has 1 aliphatic rings. The second-order valence-electron chi connectivity index (χ2n) is 4.76. The highest BCUT2D eigenvalue weighted by Crippen LogP contribution is 2.19. The quantitative estimate of drug-likeness (QED) is 0.618. The van der Waals surface area contributed by atoms with Crippen molar-refractivity contribution in [3.63, 3.8) is 0 Å². The second-order valence-corrected chi connectivity index (χ2v) is 5.15. The van der Waals surface area contributed by atoms with Crippen LogP contribution in [0.5, 0.6) is 0 Å². The predicted octanol–water partition coefficient (Wildman–Crippen LogP) is 1.98. The Balaban J connectivity index is 1.75. The average molecular weight is 280 g/mol. The summed E-state index contributed by atoms with van der Waals surface area (Å²) >= 11 is 5.12. The summed E-state index contributed by atoms with van der Waals surface area (Å²) in [5, 5.41) is 9.89. The minimum atomic E-state index is 0.119. The van der Waals surface area contributed by atoms with Crippen molar-refractivity contribution in [1.29, 1.82) is 0 Å². The fourth-order valence-electron chi connectivity index (χ4n) is 2.36. The largest absolute Gasteiger partial charge is 0.356 e. The number of aromatic nitrogens is 3. The van der Waals surface area contributed by atoms with Crippen molar-refractivity contribution in [3.8, 4) is 0 Å². The van der Waals surface area contributed by atoms with Crippen molar-refractivity contribution in [2.24, 2.45) is 5.92 Å². The normalized spacial score (nSPS) is 17.8. The maximum atomic E-state index is 11.7. The van der Waals surface area contributed by atoms with Crippen LogP contribution in [0.25, 0.3) is 0 Å². The number of hydrogen-bond donors (Lipinski definition) is 2. The lowest BCUT2D eigenvalue weighted by Crippen LogP contribution is -2.27. The third-order valence-electron chi connectivity index (χ3n) is 3.38. The van der Waals surface area contributed by atoms with Crippen LogP contribution in [0.2, 0.25) is 0 Å². The standard InChI is InChI=1S/C13H20N4OS/c1-2-17-11(15-16-13(17)19)7-8-14-12(18)9-10-5-3-4-6-10/h3,5,10H,2,4,6-9H2,1H3,(H,14,18)(H,16,19)/t10-/m1/s1. The molecule has 0 aliphatic heterocycles. The van der Waals surface area contributed by atoms with Crippen LogP contribution >= 0.6 is 12.2 Å². The van der Waals surface area contributed by atoms with Gasteiger partial charge in [0.15, 0.2) is 4.77 Å². The molecule has 0 saturated heterocycles. The fourth-order valence-corrected chi connectivity index (χ4v) is 2.64. The third-order valence-corrected chi connectivity index (χ3v) is 3.70. The molecular weight excluding hydrogens is 260 g/mol. The Kier molecular flexibility index (Phi) is 4.90. The number of nitrogens with zero attached hydrogens (tertiary/aromatic N) is 2. The summed E-state index contributed by atoms with van der Waals surface area (Å²) in [5.41, 5.74) is 0. The maximum absolute atomic E-state index is 11.7. The Labute approximate surface area is 118 Å². The van der Waals surface area contributed by atoms with Gasteiger partial charge in [0, 0.05) is 25.9 Å². The number of H-pyrrole nitrogens is 1. The molecule has 1 aromatic rings. The molecule has 19 heavy (non-hydrogen) atoms. The van der Waals surface area contributed by atoms with Crippen LogP contribution in [0.15, 0.2) is 12.2 Å². The summed E-state index contributed by atoms with van der Waals surface area (Å²) in [6, 6.07) is 0. The Morgan fingerprint density at radius 1 is 1.68 bits per heavy atom. The molecule has 1 amide bonds. The molecular formula is C13H20N4OS. The van der Waals surface area contributed by atoms with E-state index >= 15 is 0 Å². The molecule has 1 aliphatic carbocycles. The number of carbonyl (C=O) groups excluding carboxylic acids is 1. The summed E-state index contributed by atoms with van der Waals surface area (Å²) < 4.78 is 2.58. The number of rotatable bonds is 6. The fraction of sp³-hybridized carbons (Fsp3) is 0.615. The maximum Gasteiger partial charge on any atom is 0.220 e. The van der Waals surface area contributed by atoms with E-state index in [-0.39, 0.29) is 5.91 Å². The number of amides is 1. The first kappa shape index (κ1) is 14.0. The molecule has 1 atom stereocenters. The monoisotopic (exact) mass is 280 g/mol. The highest BCUT2D eigenvalue weighted by atomic mass is 32.1. The summed E-state index contributed by atoms with van der Waals surface area (Å²) in [5.74, 6) is 1.44. The lowest BCUT2D eigenvalue weighted by molar-refractivity contribution is -0.121. The third kappa shape index (κ3) is 3.76. The highest BCUT2D eigenvalue weighted by molar-refractivity contribution is 7.71. The summed E-state index contributed by atoms with van der Waals surface area (Å²) in [4.78, 5) is 11.7. The molecule has 0 bridgehead atoms. The van der Waals surface area contributed by atoms with Crippen LogP contribution in [0.1, 0.15) is 32.0 Å². The molecule has 0 fully saturated rings. The predicted molar refractivity (Wildman–Crippen MR) is 76.3 cm³/mol. The molecule has 5 nitrogen and oxygen atoms in total. The first-order chi connectivity index (χ1) is 9.20. The minimum absolute atomic E-state index is 0.119. The van der Waals surface area contributed by atoms with Crippen LogP contribution < -0.4 is 5.32 Å². The van der Waals surface area contributed by atoms with Gasteiger partial charge < -0.3 is 9.88 Å². The Morgan fingerprint density at radius 2 is 2.53 bits per heavy atom. The molecule has 104 valence electrons. The van der Waals surface area contributed by atoms with Gasteiger partial charge >= 0.3 is 0 Å². The van der Waals surface area contributed by atoms with E-state index in [9.17, 15) is 4.79 Å². The molecule has 0 saturated carbocycles. The van der Waals surface area contributed by atoms with Crippen LogP contribution in [-0.4, -0.2) is 27.2 Å². The first-order valence-electron chi connectivity index (χ1n) is 6.78. The van der Waals surface area contributed by atoms with E-state index in [2.05, 4.69) is 27.7 Å². The van der Waals surface area contributed by atoms with E-state index in [1.807, 2.05) is 11.5 Å². The van der Waals surface area contributed by atoms with E-state index < -0.39 is 0 Å². The molecule has 0 spiro atoms. The summed E-state index contributed by atoms with van der Waals surface area (Å²) in [6.07, 6.45) is 7.79. The minimum Gasteiger partial charge on any atom is -0.356 e. The Morgan fingerprint density at radius 3 is 3.21 bits per heavy atom. The molecule has 0 radical (unpaired) electrons. The van der Waals surface area contributed by atoms with Gasteiger partial charge in [-0.05, 0) is 37.9 Å². The lowest BCUT2D eigenvalue weighted by atomic mass is 10.1. The summed E-state index contributed by atoms with van der Waals surface area (Å²) in [6.45, 7) is 3.43. The highest BCUT2D eigenvalue weighted by Gasteiger charge is 2.13. The SMILES string of the molecule is CCn1c(CCNC(=O)C[C@@H]2C=CCC2)n[nH]c1=S. The van der Waals surface area contributed by atoms with Gasteiger partial charge in [-0.25, -0.2) is 0 Å². The van der Waals surface area contributed by atoms with Gasteiger partial charge in [0.05, 0.1) is 0 Å². The smallest absolute Gasteiger partial charge is 0.220 e. The zero-order chi connectivity index (χ0) is 13.7. The molecule has 2 N–H and O–H groups in total. The molecule has 1 aromatic heterocycles. The van der Waals surface area contributed by atoms with E-state index in [4.69, 9.17) is 12.2 Å². The van der Waals surface area contributed by atoms with Crippen LogP contribution in [0, 0.1) is 10.7 Å². The topological polar surface area (TPSA) is 62.7 Å². The van der Waals surface area contributed by atoms with Gasteiger partial charge in [-0.1, -0.05) is 12.2 Å². The van der Waals surface area contributed by atoms with Gasteiger partial charge in [-0.15, -0.1) is 0 Å². The summed E-state index contributed by atoms with van der Waals surface area (Å²) in [7, 11) is 0. The number of carbonyl (C=O) groups is 1. The second kappa shape index (κ2) is 6.65. The van der Waals surface area contributed by atoms with Crippen molar-refractivity contribution >= 4 is 18.1 Å². The molecule has 0 aromatic carbocycles. The van der Waals surface area contributed by atoms with E-state index in [1.54, 1.807) is 0 Å². The van der Waals surface area contributed by atoms with Gasteiger partial charge in [-0.2, -0.15) is 5.10 Å². The Bertz CT molecular complexity index is 517. The number of allylic oxidation sites excluding steroid dienone is 2. The van der Waals surface area contributed by atoms with Crippen molar-refractivity contribution in [3.05, 3.63) is 22.7 Å². The van der Waals surface area contributed by atoms with Crippen LogP contribution in [0.4, 0.5) is 0 Å². The van der Waals surface area contributed by atoms with Crippen molar-refractivity contribution in [1.82, 2.24) is 20.1 Å². The van der Waals surface area contributed by atoms with Crippen molar-refractivity contribution in [2.45, 2.75) is 39.2 Å². The molecule has 6 heteroatoms. The zero-order valence-corrected chi connectivity index (χ0v) is 12.0. The zero-order valence-electron chi connectivity index (χ0n) is 11.2. The molecule has 0 unspecified atom stereocenters. The van der Waals surface area contributed by atoms with E-state index in [0.29, 0.717) is 30.1 Å². The van der Waals surface area contributed by atoms with E-state index in [1.165, 1.54) is 0 Å². The molecule has 1 heterocycles. The average Bonchev–Trinajstić information content (AvgIpc) is 2.99. The van der Waals surface area contributed by atoms with Crippen molar-refractivity contribution < 1.29 is 4.79 Å². The van der Waals surface area contributed by atoms with Gasteiger partial charge in [-0.3, -0.25) is 9.89 Å². The van der Waals surface area contributed by atoms with Crippen molar-refractivity contribution in [2.75, 3.05) is 6.54 Å². The van der Waals surface area contributed by atoms with Gasteiger partial charge in [0.25, 0.3) is 0 Å². The van der Waals surface area contributed by atoms with Crippen LogP contribution in [0.3, 0.4) is 0 Å². The van der Waals surface area contributed by atoms with E-state index in [0.717, 1.165) is 25.2 Å². The number of nitrogens with one attached hydrogen (secondary N) is 2. The van der Waals surface area contributed by atoms with Gasteiger partial charge in [0.1, 0.15) is 5.82 Å². The first-order valence-corrected chi connectivity index (χ1v) is 7.19. The lowest BCUT2D eigenvalue weighted by Gasteiger charge is -2.08. The number of aromatic amines is 1. The molecule has 2 rings (SSSR count).